The number of phenolic OH excluding ortho intramolecular Hbond substituents is 1. The Hall–Kier alpha value is -3.16. The van der Waals surface area contributed by atoms with Crippen molar-refractivity contribution < 1.29 is 24.9 Å². The lowest BCUT2D eigenvalue weighted by Gasteiger charge is -1.98. The maximum Gasteiger partial charge on any atom is 0.339 e. The van der Waals surface area contributed by atoms with Gasteiger partial charge in [-0.1, -0.05) is 0 Å². The van der Waals surface area contributed by atoms with E-state index in [-0.39, 0.29) is 22.8 Å². The first-order valence-corrected chi connectivity index (χ1v) is 5.23. The lowest BCUT2D eigenvalue weighted by atomic mass is 10.2. The topological polar surface area (TPSA) is 147 Å². The molecule has 5 N–H and O–H groups in total. The van der Waals surface area contributed by atoms with Crippen LogP contribution in [0.3, 0.4) is 0 Å². The number of amides is 1. The predicted molar refractivity (Wildman–Crippen MR) is 67.3 cm³/mol. The van der Waals surface area contributed by atoms with Gasteiger partial charge in [-0.2, -0.15) is 0 Å². The Morgan fingerprint density at radius 2 is 1.85 bits per heavy atom. The van der Waals surface area contributed by atoms with Crippen molar-refractivity contribution in [2.75, 3.05) is 0 Å². The van der Waals surface area contributed by atoms with Gasteiger partial charge in [0.15, 0.2) is 0 Å². The Balaban J connectivity index is 0.000000204. The number of primary amides is 1. The van der Waals surface area contributed by atoms with Crippen molar-refractivity contribution in [3.05, 3.63) is 48.0 Å². The number of phenols is 2. The minimum atomic E-state index is -1.27. The highest BCUT2D eigenvalue weighted by Gasteiger charge is 2.08. The summed E-state index contributed by atoms with van der Waals surface area (Å²) >= 11 is 0. The third-order valence-corrected chi connectivity index (χ3v) is 2.03. The monoisotopic (exact) mass is 277 g/mol. The summed E-state index contributed by atoms with van der Waals surface area (Å²) in [5.41, 5.74) is 4.76. The second kappa shape index (κ2) is 6.69. The lowest BCUT2D eigenvalue weighted by molar-refractivity contribution is 0.0693. The van der Waals surface area contributed by atoms with Gasteiger partial charge in [-0.3, -0.25) is 9.78 Å². The maximum absolute atomic E-state index is 10.3. The summed E-state index contributed by atoms with van der Waals surface area (Å²) in [6, 6.07) is 3.32. The van der Waals surface area contributed by atoms with Crippen LogP contribution in [0.4, 0.5) is 0 Å². The summed E-state index contributed by atoms with van der Waals surface area (Å²) in [5, 5.41) is 26.1. The number of carboxylic acids is 1. The lowest BCUT2D eigenvalue weighted by Crippen LogP contribution is -2.12. The first-order valence-electron chi connectivity index (χ1n) is 5.23. The first kappa shape index (κ1) is 14.9. The highest BCUT2D eigenvalue weighted by Crippen LogP contribution is 2.21. The number of carboxylic acid groups (broad SMARTS) is 1. The predicted octanol–water partition coefficient (Wildman–Crippen LogP) is 0.371. The first-order chi connectivity index (χ1) is 9.41. The molecule has 0 aliphatic carbocycles. The molecule has 0 fully saturated rings. The second-order valence-electron chi connectivity index (χ2n) is 3.46. The molecular formula is C12H11N3O5. The molecule has 2 aromatic rings. The van der Waals surface area contributed by atoms with Crippen LogP contribution in [0.15, 0.2) is 36.8 Å². The standard InChI is InChI=1S/C7H6O4.C5H5N3O/c8-4-1-2-6(9)5(3-4)7(10)11;6-5(9)4-3-7-1-2-8-4/h1-3,8-9H,(H,10,11);1-3H,(H2,6,9). The number of hydrogen-bond donors (Lipinski definition) is 4. The van der Waals surface area contributed by atoms with Crippen molar-refractivity contribution in [3.8, 4) is 11.5 Å². The van der Waals surface area contributed by atoms with E-state index in [2.05, 4.69) is 9.97 Å². The molecule has 0 aliphatic rings. The van der Waals surface area contributed by atoms with E-state index in [4.69, 9.17) is 21.1 Å². The molecule has 20 heavy (non-hydrogen) atoms. The highest BCUT2D eigenvalue weighted by molar-refractivity contribution is 5.91. The van der Waals surface area contributed by atoms with E-state index < -0.39 is 11.9 Å². The molecule has 1 aromatic carbocycles. The van der Waals surface area contributed by atoms with Crippen LogP contribution in [0.5, 0.6) is 11.5 Å². The molecule has 1 aromatic heterocycles. The largest absolute Gasteiger partial charge is 0.508 e. The summed E-state index contributed by atoms with van der Waals surface area (Å²) in [4.78, 5) is 27.9. The van der Waals surface area contributed by atoms with Gasteiger partial charge < -0.3 is 21.1 Å². The molecule has 0 aliphatic heterocycles. The molecule has 104 valence electrons. The van der Waals surface area contributed by atoms with Gasteiger partial charge in [0.25, 0.3) is 5.91 Å². The zero-order valence-corrected chi connectivity index (χ0v) is 10.1. The zero-order chi connectivity index (χ0) is 15.1. The third kappa shape index (κ3) is 4.26. The number of nitrogens with two attached hydrogens (primary N) is 1. The molecule has 0 bridgehead atoms. The Labute approximate surface area is 113 Å². The van der Waals surface area contributed by atoms with Gasteiger partial charge in [-0.15, -0.1) is 0 Å². The average Bonchev–Trinajstić information content (AvgIpc) is 2.43. The van der Waals surface area contributed by atoms with Gasteiger partial charge in [0.1, 0.15) is 22.8 Å². The van der Waals surface area contributed by atoms with Crippen molar-refractivity contribution in [3.63, 3.8) is 0 Å². The molecule has 0 saturated carbocycles. The smallest absolute Gasteiger partial charge is 0.339 e. The number of aromatic carboxylic acids is 1. The van der Waals surface area contributed by atoms with Crippen LogP contribution in [0.25, 0.3) is 0 Å². The molecule has 0 atom stereocenters. The quantitative estimate of drug-likeness (QED) is 0.580. The summed E-state index contributed by atoms with van der Waals surface area (Å²) in [6.07, 6.45) is 4.22. The van der Waals surface area contributed by atoms with Gasteiger partial charge in [-0.25, -0.2) is 9.78 Å². The second-order valence-corrected chi connectivity index (χ2v) is 3.46. The molecule has 0 saturated heterocycles. The highest BCUT2D eigenvalue weighted by atomic mass is 16.4. The van der Waals surface area contributed by atoms with Crippen molar-refractivity contribution >= 4 is 11.9 Å². The Bertz CT molecular complexity index is 616. The number of aromatic nitrogens is 2. The Kier molecular flexibility index (Phi) is 4.98. The van der Waals surface area contributed by atoms with Gasteiger partial charge >= 0.3 is 5.97 Å². The van der Waals surface area contributed by atoms with E-state index in [0.29, 0.717) is 0 Å². The van der Waals surface area contributed by atoms with E-state index in [1.165, 1.54) is 24.7 Å². The fourth-order valence-corrected chi connectivity index (χ4v) is 1.12. The van der Waals surface area contributed by atoms with E-state index in [0.717, 1.165) is 12.1 Å². The van der Waals surface area contributed by atoms with Crippen molar-refractivity contribution in [2.24, 2.45) is 5.73 Å². The van der Waals surface area contributed by atoms with Crippen LogP contribution < -0.4 is 5.73 Å². The van der Waals surface area contributed by atoms with E-state index in [1.807, 2.05) is 0 Å². The van der Waals surface area contributed by atoms with Crippen LogP contribution in [0.1, 0.15) is 20.8 Å². The van der Waals surface area contributed by atoms with Crippen LogP contribution in [0, 0.1) is 0 Å². The van der Waals surface area contributed by atoms with Crippen LogP contribution in [0.2, 0.25) is 0 Å². The van der Waals surface area contributed by atoms with Gasteiger partial charge in [0.2, 0.25) is 0 Å². The fraction of sp³-hybridized carbons (Fsp3) is 0. The molecule has 1 heterocycles. The SMILES string of the molecule is NC(=O)c1cnccn1.O=C(O)c1cc(O)ccc1O. The molecule has 8 nitrogen and oxygen atoms in total. The molecule has 8 heteroatoms. The van der Waals surface area contributed by atoms with E-state index in [1.54, 1.807) is 0 Å². The average molecular weight is 277 g/mol. The minimum absolute atomic E-state index is 0.180. The van der Waals surface area contributed by atoms with Crippen LogP contribution >= 0.6 is 0 Å². The Morgan fingerprint density at radius 3 is 2.25 bits per heavy atom. The van der Waals surface area contributed by atoms with Crippen molar-refractivity contribution in [1.82, 2.24) is 9.97 Å². The van der Waals surface area contributed by atoms with E-state index >= 15 is 0 Å². The van der Waals surface area contributed by atoms with Crippen LogP contribution in [-0.4, -0.2) is 37.2 Å². The van der Waals surface area contributed by atoms with Gasteiger partial charge in [-0.05, 0) is 18.2 Å². The number of aromatic hydroxyl groups is 2. The van der Waals surface area contributed by atoms with Crippen LogP contribution in [-0.2, 0) is 0 Å². The van der Waals surface area contributed by atoms with Gasteiger partial charge in [0.05, 0.1) is 6.20 Å². The molecule has 1 amide bonds. The minimum Gasteiger partial charge on any atom is -0.508 e. The number of hydrogen-bond acceptors (Lipinski definition) is 6. The number of carbonyl (C=O) groups excluding carboxylic acids is 1. The number of rotatable bonds is 2. The normalized spacial score (nSPS) is 9.20. The van der Waals surface area contributed by atoms with Crippen molar-refractivity contribution in [2.45, 2.75) is 0 Å². The Morgan fingerprint density at radius 1 is 1.15 bits per heavy atom. The van der Waals surface area contributed by atoms with E-state index in [9.17, 15) is 9.59 Å². The molecule has 0 unspecified atom stereocenters. The zero-order valence-electron chi connectivity index (χ0n) is 10.1. The maximum atomic E-state index is 10.3. The molecular weight excluding hydrogens is 266 g/mol. The molecule has 2 rings (SSSR count). The summed E-state index contributed by atoms with van der Waals surface area (Å²) in [6.45, 7) is 0. The number of nitrogens with zero attached hydrogens (tertiary/aromatic N) is 2. The number of benzene rings is 1. The number of carbonyl (C=O) groups is 2. The summed E-state index contributed by atoms with van der Waals surface area (Å²) in [5.74, 6) is -2.35. The molecule has 0 radical (unpaired) electrons. The third-order valence-electron chi connectivity index (χ3n) is 2.03. The molecule has 0 spiro atoms. The fourth-order valence-electron chi connectivity index (χ4n) is 1.12. The summed E-state index contributed by atoms with van der Waals surface area (Å²) < 4.78 is 0. The van der Waals surface area contributed by atoms with Gasteiger partial charge in [0, 0.05) is 12.4 Å². The summed E-state index contributed by atoms with van der Waals surface area (Å²) in [7, 11) is 0. The van der Waals surface area contributed by atoms with Crippen molar-refractivity contribution in [1.29, 1.82) is 0 Å².